The van der Waals surface area contributed by atoms with Crippen LogP contribution in [0.15, 0.2) is 0 Å². The minimum atomic E-state index is 0.744. The molecule has 88 valence electrons. The van der Waals surface area contributed by atoms with Crippen LogP contribution < -0.4 is 5.32 Å². The monoisotopic (exact) mass is 210 g/mol. The molecule has 15 heavy (non-hydrogen) atoms. The van der Waals surface area contributed by atoms with E-state index in [1.807, 2.05) is 0 Å². The lowest BCUT2D eigenvalue weighted by Gasteiger charge is -2.33. The first-order valence-corrected chi connectivity index (χ1v) is 6.75. The first kappa shape index (κ1) is 11.4. The van der Waals surface area contributed by atoms with E-state index in [-0.39, 0.29) is 0 Å². The predicted octanol–water partition coefficient (Wildman–Crippen LogP) is 2.11. The van der Waals surface area contributed by atoms with E-state index in [1.54, 1.807) is 0 Å². The summed E-state index contributed by atoms with van der Waals surface area (Å²) in [6.07, 6.45) is 5.64. The molecular weight excluding hydrogens is 184 g/mol. The number of rotatable bonds is 3. The lowest BCUT2D eigenvalue weighted by Crippen LogP contribution is -2.39. The fourth-order valence-corrected chi connectivity index (χ4v) is 3.07. The van der Waals surface area contributed by atoms with Crippen molar-refractivity contribution in [3.63, 3.8) is 0 Å². The molecule has 0 aromatic heterocycles. The molecule has 0 radical (unpaired) electrons. The van der Waals surface area contributed by atoms with Crippen LogP contribution in [0.5, 0.6) is 0 Å². The third-order valence-corrected chi connectivity index (χ3v) is 4.47. The molecule has 2 aliphatic rings. The van der Waals surface area contributed by atoms with E-state index in [2.05, 4.69) is 24.1 Å². The Morgan fingerprint density at radius 3 is 2.47 bits per heavy atom. The topological polar surface area (TPSA) is 15.3 Å². The van der Waals surface area contributed by atoms with Crippen LogP contribution in [0.4, 0.5) is 0 Å². The third kappa shape index (κ3) is 2.94. The molecule has 2 heterocycles. The van der Waals surface area contributed by atoms with Crippen LogP contribution >= 0.6 is 0 Å². The molecule has 2 rings (SSSR count). The molecule has 0 bridgehead atoms. The normalized spacial score (nSPS) is 34.8. The number of hydrogen-bond acceptors (Lipinski definition) is 2. The van der Waals surface area contributed by atoms with Gasteiger partial charge in [0.05, 0.1) is 0 Å². The van der Waals surface area contributed by atoms with E-state index in [4.69, 9.17) is 0 Å². The summed E-state index contributed by atoms with van der Waals surface area (Å²) in [5, 5.41) is 3.55. The van der Waals surface area contributed by atoms with Crippen molar-refractivity contribution in [1.29, 1.82) is 0 Å². The smallest absolute Gasteiger partial charge is 0.00796 e. The van der Waals surface area contributed by atoms with Gasteiger partial charge in [-0.25, -0.2) is 0 Å². The number of piperidine rings is 1. The summed E-state index contributed by atoms with van der Waals surface area (Å²) in [6.45, 7) is 9.95. The van der Waals surface area contributed by atoms with Gasteiger partial charge in [0, 0.05) is 12.6 Å². The van der Waals surface area contributed by atoms with E-state index in [1.165, 1.54) is 51.9 Å². The van der Waals surface area contributed by atoms with Crippen LogP contribution in [0, 0.1) is 11.8 Å². The Labute approximate surface area is 94.4 Å². The largest absolute Gasteiger partial charge is 0.314 e. The van der Waals surface area contributed by atoms with E-state index in [9.17, 15) is 0 Å². The second-order valence-electron chi connectivity index (χ2n) is 5.44. The Morgan fingerprint density at radius 2 is 1.93 bits per heavy atom. The molecule has 0 aromatic carbocycles. The summed E-state index contributed by atoms with van der Waals surface area (Å²) in [5.74, 6) is 1.92. The maximum Gasteiger partial charge on any atom is 0.00796 e. The van der Waals surface area contributed by atoms with Gasteiger partial charge in [0.2, 0.25) is 0 Å². The van der Waals surface area contributed by atoms with Gasteiger partial charge in [-0.2, -0.15) is 0 Å². The summed E-state index contributed by atoms with van der Waals surface area (Å²) in [4.78, 5) is 2.69. The van der Waals surface area contributed by atoms with E-state index < -0.39 is 0 Å². The van der Waals surface area contributed by atoms with Crippen LogP contribution in [0.1, 0.15) is 39.5 Å². The Morgan fingerprint density at radius 1 is 1.20 bits per heavy atom. The van der Waals surface area contributed by atoms with Crippen LogP contribution in [-0.2, 0) is 0 Å². The Kier molecular flexibility index (Phi) is 4.04. The van der Waals surface area contributed by atoms with Crippen molar-refractivity contribution in [3.8, 4) is 0 Å². The molecule has 2 fully saturated rings. The maximum atomic E-state index is 3.55. The zero-order valence-electron chi connectivity index (χ0n) is 10.3. The average Bonchev–Trinajstić information content (AvgIpc) is 2.66. The van der Waals surface area contributed by atoms with E-state index >= 15 is 0 Å². The minimum absolute atomic E-state index is 0.744. The highest BCUT2D eigenvalue weighted by molar-refractivity contribution is 4.83. The lowest BCUT2D eigenvalue weighted by atomic mass is 9.93. The molecule has 2 saturated heterocycles. The molecule has 2 heteroatoms. The number of likely N-dealkylation sites (tertiary alicyclic amines) is 1. The van der Waals surface area contributed by atoms with Gasteiger partial charge in [-0.15, -0.1) is 0 Å². The molecule has 0 aliphatic carbocycles. The van der Waals surface area contributed by atoms with Crippen molar-refractivity contribution >= 4 is 0 Å². The van der Waals surface area contributed by atoms with Crippen LogP contribution in [-0.4, -0.2) is 37.1 Å². The summed E-state index contributed by atoms with van der Waals surface area (Å²) in [7, 11) is 0. The van der Waals surface area contributed by atoms with E-state index in [0.29, 0.717) is 0 Å². The average molecular weight is 210 g/mol. The van der Waals surface area contributed by atoms with Gasteiger partial charge >= 0.3 is 0 Å². The fourth-order valence-electron chi connectivity index (χ4n) is 3.07. The van der Waals surface area contributed by atoms with Gasteiger partial charge < -0.3 is 10.2 Å². The maximum absolute atomic E-state index is 3.55. The van der Waals surface area contributed by atoms with Gasteiger partial charge in [-0.1, -0.05) is 13.3 Å². The number of hydrogen-bond donors (Lipinski definition) is 1. The molecule has 2 atom stereocenters. The van der Waals surface area contributed by atoms with Gasteiger partial charge in [0.15, 0.2) is 0 Å². The third-order valence-electron chi connectivity index (χ3n) is 4.47. The van der Waals surface area contributed by atoms with Gasteiger partial charge in [-0.3, -0.25) is 0 Å². The second kappa shape index (κ2) is 5.31. The molecule has 0 spiro atoms. The van der Waals surface area contributed by atoms with Crippen LogP contribution in [0.3, 0.4) is 0 Å². The van der Waals surface area contributed by atoms with Crippen molar-refractivity contribution in [2.75, 3.05) is 26.2 Å². The molecule has 0 amide bonds. The zero-order valence-corrected chi connectivity index (χ0v) is 10.3. The minimum Gasteiger partial charge on any atom is -0.314 e. The number of nitrogens with one attached hydrogen (secondary N) is 1. The highest BCUT2D eigenvalue weighted by atomic mass is 15.1. The van der Waals surface area contributed by atoms with Crippen molar-refractivity contribution in [3.05, 3.63) is 0 Å². The molecule has 0 saturated carbocycles. The summed E-state index contributed by atoms with van der Waals surface area (Å²) >= 11 is 0. The lowest BCUT2D eigenvalue weighted by molar-refractivity contribution is 0.155. The molecule has 2 nitrogen and oxygen atoms in total. The fraction of sp³-hybridized carbons (Fsp3) is 1.00. The Balaban J connectivity index is 1.72. The summed E-state index contributed by atoms with van der Waals surface area (Å²) < 4.78 is 0. The van der Waals surface area contributed by atoms with Crippen molar-refractivity contribution in [2.24, 2.45) is 11.8 Å². The van der Waals surface area contributed by atoms with Gasteiger partial charge in [0.1, 0.15) is 0 Å². The summed E-state index contributed by atoms with van der Waals surface area (Å²) in [6, 6.07) is 0.744. The van der Waals surface area contributed by atoms with Crippen molar-refractivity contribution in [2.45, 2.75) is 45.6 Å². The predicted molar refractivity (Wildman–Crippen MR) is 65.0 cm³/mol. The van der Waals surface area contributed by atoms with Crippen LogP contribution in [0.25, 0.3) is 0 Å². The molecule has 2 aliphatic heterocycles. The van der Waals surface area contributed by atoms with Gasteiger partial charge in [-0.05, 0) is 57.7 Å². The Hall–Kier alpha value is -0.0800. The van der Waals surface area contributed by atoms with Gasteiger partial charge in [0.25, 0.3) is 0 Å². The quantitative estimate of drug-likeness (QED) is 0.767. The van der Waals surface area contributed by atoms with Crippen LogP contribution in [0.2, 0.25) is 0 Å². The second-order valence-corrected chi connectivity index (χ2v) is 5.44. The molecule has 2 unspecified atom stereocenters. The Bertz CT molecular complexity index is 185. The van der Waals surface area contributed by atoms with Crippen molar-refractivity contribution < 1.29 is 0 Å². The first-order valence-electron chi connectivity index (χ1n) is 6.75. The highest BCUT2D eigenvalue weighted by Crippen LogP contribution is 2.23. The molecular formula is C13H26N2. The number of nitrogens with zero attached hydrogens (tertiary/aromatic N) is 1. The SMILES string of the molecule is CCC1CCN(CC2CCNC2C)CC1. The standard InChI is InChI=1S/C13H26N2/c1-3-12-5-8-15(9-6-12)10-13-4-7-14-11(13)2/h11-14H,3-10H2,1-2H3. The van der Waals surface area contributed by atoms with E-state index in [0.717, 1.165) is 17.9 Å². The first-order chi connectivity index (χ1) is 7.29. The molecule has 1 N–H and O–H groups in total. The zero-order chi connectivity index (χ0) is 10.7. The highest BCUT2D eigenvalue weighted by Gasteiger charge is 2.26. The molecule has 0 aromatic rings. The summed E-state index contributed by atoms with van der Waals surface area (Å²) in [5.41, 5.74) is 0. The van der Waals surface area contributed by atoms with Crippen molar-refractivity contribution in [1.82, 2.24) is 10.2 Å².